The molecule has 0 N–H and O–H groups in total. The van der Waals surface area contributed by atoms with Gasteiger partial charge in [-0.25, -0.2) is 14.0 Å². The van der Waals surface area contributed by atoms with Crippen molar-refractivity contribution >= 4 is 0 Å². The maximum absolute atomic E-state index is 4.32. The lowest BCUT2D eigenvalue weighted by Crippen LogP contribution is -2.03. The predicted molar refractivity (Wildman–Crippen MR) is 171 cm³/mol. The Morgan fingerprint density at radius 2 is 0.786 bits per heavy atom. The lowest BCUT2D eigenvalue weighted by molar-refractivity contribution is 0.716. The van der Waals surface area contributed by atoms with Gasteiger partial charge in [0.05, 0.1) is 29.0 Å². The van der Waals surface area contributed by atoms with Crippen LogP contribution in [-0.2, 0) is 0 Å². The Labute approximate surface area is 249 Å². The standard InChI is InChI=1S/2C12H14N2.C11H13N3/c2*1-10(2)12-8-9-13-14(12)11-6-4-3-5-7-11;1-9(2)11-8-12-13-14(11)10-6-4-3-5-7-10/h2*3-10H,1-2H3;3-9H,1-2H3. The molecule has 0 saturated heterocycles. The van der Waals surface area contributed by atoms with Crippen LogP contribution in [0.25, 0.3) is 17.1 Å². The van der Waals surface area contributed by atoms with Crippen molar-refractivity contribution in [3.63, 3.8) is 0 Å². The molecule has 0 radical (unpaired) electrons. The van der Waals surface area contributed by atoms with Crippen LogP contribution in [0.15, 0.2) is 122 Å². The molecule has 216 valence electrons. The molecule has 6 rings (SSSR count). The maximum atomic E-state index is 4.32. The van der Waals surface area contributed by atoms with Crippen molar-refractivity contribution in [3.8, 4) is 17.1 Å². The molecule has 0 spiro atoms. The van der Waals surface area contributed by atoms with E-state index in [9.17, 15) is 0 Å². The van der Waals surface area contributed by atoms with Gasteiger partial charge in [-0.3, -0.25) is 0 Å². The SMILES string of the molecule is CC(C)c1ccnn1-c1ccccc1.CC(C)c1ccnn1-c1ccccc1.CC(C)c1cnnn1-c1ccccc1. The molecule has 6 aromatic rings. The Morgan fingerprint density at radius 3 is 1.14 bits per heavy atom. The molecule has 7 nitrogen and oxygen atoms in total. The van der Waals surface area contributed by atoms with E-state index in [1.54, 1.807) is 0 Å². The first-order chi connectivity index (χ1) is 20.4. The third kappa shape index (κ3) is 7.69. The molecule has 0 fully saturated rings. The summed E-state index contributed by atoms with van der Waals surface area (Å²) in [4.78, 5) is 0. The number of hydrogen-bond donors (Lipinski definition) is 0. The molecule has 42 heavy (non-hydrogen) atoms. The molecule has 3 heterocycles. The summed E-state index contributed by atoms with van der Waals surface area (Å²) in [6, 6.07) is 34.6. The molecular formula is C35H41N7. The molecule has 3 aromatic carbocycles. The average Bonchev–Trinajstić information content (AvgIpc) is 3.80. The van der Waals surface area contributed by atoms with Gasteiger partial charge in [-0.15, -0.1) is 5.10 Å². The van der Waals surface area contributed by atoms with Crippen LogP contribution < -0.4 is 0 Å². The minimum absolute atomic E-state index is 0.435. The summed E-state index contributed by atoms with van der Waals surface area (Å²) in [6.07, 6.45) is 5.52. The van der Waals surface area contributed by atoms with E-state index in [2.05, 4.69) is 98.5 Å². The Morgan fingerprint density at radius 1 is 0.429 bits per heavy atom. The molecule has 0 aliphatic carbocycles. The highest BCUT2D eigenvalue weighted by molar-refractivity contribution is 5.34. The molecule has 0 unspecified atom stereocenters. The number of benzene rings is 3. The van der Waals surface area contributed by atoms with Gasteiger partial charge in [0.1, 0.15) is 0 Å². The first-order valence-corrected chi connectivity index (χ1v) is 14.5. The second-order valence-electron chi connectivity index (χ2n) is 10.9. The minimum atomic E-state index is 0.435. The molecule has 0 atom stereocenters. The van der Waals surface area contributed by atoms with Crippen molar-refractivity contribution in [2.45, 2.75) is 59.3 Å². The van der Waals surface area contributed by atoms with Crippen molar-refractivity contribution in [2.75, 3.05) is 0 Å². The van der Waals surface area contributed by atoms with Gasteiger partial charge in [0, 0.05) is 23.8 Å². The van der Waals surface area contributed by atoms with Gasteiger partial charge in [-0.2, -0.15) is 10.2 Å². The fourth-order valence-electron chi connectivity index (χ4n) is 4.48. The molecular weight excluding hydrogens is 518 g/mol. The molecule has 0 amide bonds. The van der Waals surface area contributed by atoms with E-state index in [0.29, 0.717) is 17.8 Å². The Bertz CT molecular complexity index is 1400. The third-order valence-corrected chi connectivity index (χ3v) is 6.70. The molecule has 0 saturated carbocycles. The van der Waals surface area contributed by atoms with Crippen molar-refractivity contribution in [1.29, 1.82) is 0 Å². The number of para-hydroxylation sites is 3. The van der Waals surface area contributed by atoms with Crippen LogP contribution in [0.4, 0.5) is 0 Å². The zero-order valence-electron chi connectivity index (χ0n) is 25.4. The third-order valence-electron chi connectivity index (χ3n) is 6.70. The van der Waals surface area contributed by atoms with E-state index in [-0.39, 0.29) is 0 Å². The molecule has 7 heteroatoms. The van der Waals surface area contributed by atoms with Crippen LogP contribution in [0, 0.1) is 0 Å². The highest BCUT2D eigenvalue weighted by atomic mass is 15.4. The lowest BCUT2D eigenvalue weighted by Gasteiger charge is -2.09. The van der Waals surface area contributed by atoms with E-state index in [1.807, 2.05) is 99.4 Å². The predicted octanol–water partition coefficient (Wildman–Crippen LogP) is 8.38. The summed E-state index contributed by atoms with van der Waals surface area (Å²) >= 11 is 0. The zero-order valence-corrected chi connectivity index (χ0v) is 25.4. The summed E-state index contributed by atoms with van der Waals surface area (Å²) in [7, 11) is 0. The maximum Gasteiger partial charge on any atom is 0.0732 e. The van der Waals surface area contributed by atoms with Crippen LogP contribution in [0.3, 0.4) is 0 Å². The van der Waals surface area contributed by atoms with Crippen LogP contribution in [0.1, 0.15) is 76.4 Å². The fraction of sp³-hybridized carbons (Fsp3) is 0.257. The topological polar surface area (TPSA) is 66.3 Å². The van der Waals surface area contributed by atoms with E-state index < -0.39 is 0 Å². The molecule has 3 aromatic heterocycles. The molecule has 0 aliphatic rings. The zero-order chi connectivity index (χ0) is 29.9. The normalized spacial score (nSPS) is 10.8. The number of nitrogens with zero attached hydrogens (tertiary/aromatic N) is 7. The van der Waals surface area contributed by atoms with Gasteiger partial charge in [0.25, 0.3) is 0 Å². The summed E-state index contributed by atoms with van der Waals surface area (Å²) in [5.74, 6) is 1.43. The van der Waals surface area contributed by atoms with Crippen LogP contribution in [0.5, 0.6) is 0 Å². The molecule has 0 bridgehead atoms. The van der Waals surface area contributed by atoms with Crippen molar-refractivity contribution in [2.24, 2.45) is 0 Å². The Kier molecular flexibility index (Phi) is 10.6. The first-order valence-electron chi connectivity index (χ1n) is 14.5. The van der Waals surface area contributed by atoms with Crippen molar-refractivity contribution in [1.82, 2.24) is 34.6 Å². The van der Waals surface area contributed by atoms with Gasteiger partial charge < -0.3 is 0 Å². The van der Waals surface area contributed by atoms with E-state index in [1.165, 1.54) is 11.4 Å². The lowest BCUT2D eigenvalue weighted by atomic mass is 10.1. The Hall–Kier alpha value is -4.78. The van der Waals surface area contributed by atoms with Gasteiger partial charge in [-0.05, 0) is 66.3 Å². The summed E-state index contributed by atoms with van der Waals surface area (Å²) in [5, 5.41) is 16.7. The second kappa shape index (κ2) is 14.7. The second-order valence-corrected chi connectivity index (χ2v) is 10.9. The number of rotatable bonds is 6. The number of aromatic nitrogens is 7. The minimum Gasteiger partial charge on any atom is -0.238 e. The van der Waals surface area contributed by atoms with Crippen molar-refractivity contribution < 1.29 is 0 Å². The first kappa shape index (κ1) is 30.2. The van der Waals surface area contributed by atoms with E-state index in [0.717, 1.165) is 22.8 Å². The van der Waals surface area contributed by atoms with E-state index in [4.69, 9.17) is 0 Å². The average molecular weight is 560 g/mol. The summed E-state index contributed by atoms with van der Waals surface area (Å²) < 4.78 is 5.86. The van der Waals surface area contributed by atoms with E-state index >= 15 is 0 Å². The summed E-state index contributed by atoms with van der Waals surface area (Å²) in [5.41, 5.74) is 6.94. The van der Waals surface area contributed by atoms with Gasteiger partial charge in [0.15, 0.2) is 0 Å². The fourth-order valence-corrected chi connectivity index (χ4v) is 4.48. The van der Waals surface area contributed by atoms with Crippen molar-refractivity contribution in [3.05, 3.63) is 139 Å². The Balaban J connectivity index is 0.000000145. The largest absolute Gasteiger partial charge is 0.238 e. The van der Waals surface area contributed by atoms with Crippen LogP contribution in [0.2, 0.25) is 0 Å². The molecule has 0 aliphatic heterocycles. The number of hydrogen-bond acceptors (Lipinski definition) is 4. The quantitative estimate of drug-likeness (QED) is 0.206. The van der Waals surface area contributed by atoms with Gasteiger partial charge in [0.2, 0.25) is 0 Å². The van der Waals surface area contributed by atoms with Gasteiger partial charge in [-0.1, -0.05) is 101 Å². The summed E-state index contributed by atoms with van der Waals surface area (Å²) in [6.45, 7) is 13.0. The highest BCUT2D eigenvalue weighted by Gasteiger charge is 2.09. The highest BCUT2D eigenvalue weighted by Crippen LogP contribution is 2.19. The van der Waals surface area contributed by atoms with Crippen LogP contribution >= 0.6 is 0 Å². The van der Waals surface area contributed by atoms with Gasteiger partial charge >= 0.3 is 0 Å². The smallest absolute Gasteiger partial charge is 0.0732 e. The monoisotopic (exact) mass is 559 g/mol. The van der Waals surface area contributed by atoms with Crippen LogP contribution in [-0.4, -0.2) is 34.6 Å².